The molecule has 0 bridgehead atoms. The van der Waals surface area contributed by atoms with Crippen LogP contribution in [0.2, 0.25) is 0 Å². The van der Waals surface area contributed by atoms with Crippen molar-refractivity contribution in [1.29, 1.82) is 0 Å². The van der Waals surface area contributed by atoms with E-state index in [1.165, 1.54) is 12.8 Å². The van der Waals surface area contributed by atoms with Crippen molar-refractivity contribution in [3.05, 3.63) is 17.5 Å². The zero-order valence-electron chi connectivity index (χ0n) is 11.5. The number of carbonyl (C=O) groups excluding carboxylic acids is 1. The Kier molecular flexibility index (Phi) is 4.42. The van der Waals surface area contributed by atoms with Gasteiger partial charge in [0, 0.05) is 25.7 Å². The minimum absolute atomic E-state index is 0.0980. The summed E-state index contributed by atoms with van der Waals surface area (Å²) in [4.78, 5) is 13.6. The van der Waals surface area contributed by atoms with Crippen LogP contribution in [-0.4, -0.2) is 39.0 Å². The molecule has 0 aliphatic heterocycles. The van der Waals surface area contributed by atoms with Gasteiger partial charge in [0.15, 0.2) is 0 Å². The normalized spacial score (nSPS) is 15.7. The number of aliphatic hydroxyl groups excluding tert-OH is 1. The van der Waals surface area contributed by atoms with E-state index in [9.17, 15) is 9.90 Å². The second kappa shape index (κ2) is 6.06. The van der Waals surface area contributed by atoms with E-state index < -0.39 is 0 Å². The largest absolute Gasteiger partial charge is 0.443 e. The van der Waals surface area contributed by atoms with Gasteiger partial charge in [0.25, 0.3) is 0 Å². The lowest BCUT2D eigenvalue weighted by Crippen LogP contribution is -2.35. The van der Waals surface area contributed by atoms with Crippen LogP contribution in [0.4, 0.5) is 4.79 Å². The van der Waals surface area contributed by atoms with Crippen LogP contribution in [0.25, 0.3) is 0 Å². The van der Waals surface area contributed by atoms with Gasteiger partial charge in [0.2, 0.25) is 0 Å². The number of nitrogens with zero attached hydrogens (tertiary/aromatic N) is 3. The molecule has 0 saturated heterocycles. The fraction of sp³-hybridized carbons (Fsp3) is 0.692. The number of amides is 1. The van der Waals surface area contributed by atoms with Crippen molar-refractivity contribution >= 4 is 6.09 Å². The molecule has 2 rings (SSSR count). The van der Waals surface area contributed by atoms with Crippen molar-refractivity contribution in [2.24, 2.45) is 7.05 Å². The second-order valence-corrected chi connectivity index (χ2v) is 5.00. The third kappa shape index (κ3) is 3.07. The Morgan fingerprint density at radius 2 is 2.26 bits per heavy atom. The first kappa shape index (κ1) is 13.9. The van der Waals surface area contributed by atoms with E-state index in [-0.39, 0.29) is 19.3 Å². The molecule has 1 heterocycles. The molecule has 1 aliphatic rings. The smallest absolute Gasteiger partial charge is 0.410 e. The third-order valence-corrected chi connectivity index (χ3v) is 3.81. The van der Waals surface area contributed by atoms with Crippen LogP contribution in [0.3, 0.4) is 0 Å². The Labute approximate surface area is 113 Å². The van der Waals surface area contributed by atoms with E-state index in [1.807, 2.05) is 0 Å². The second-order valence-electron chi connectivity index (χ2n) is 5.00. The number of aromatic nitrogens is 2. The van der Waals surface area contributed by atoms with E-state index in [4.69, 9.17) is 4.74 Å². The minimum Gasteiger partial charge on any atom is -0.443 e. The first-order valence-corrected chi connectivity index (χ1v) is 6.63. The Hall–Kier alpha value is -1.56. The van der Waals surface area contributed by atoms with Gasteiger partial charge in [-0.1, -0.05) is 12.8 Å². The van der Waals surface area contributed by atoms with Crippen LogP contribution in [0.15, 0.2) is 6.20 Å². The molecule has 6 nitrogen and oxygen atoms in total. The number of aryl methyl sites for hydroxylation is 1. The van der Waals surface area contributed by atoms with Crippen LogP contribution in [0.5, 0.6) is 0 Å². The molecular weight excluding hydrogens is 246 g/mol. The van der Waals surface area contributed by atoms with Gasteiger partial charge in [-0.05, 0) is 12.8 Å². The lowest BCUT2D eigenvalue weighted by molar-refractivity contribution is 0.0891. The average Bonchev–Trinajstić information content (AvgIpc) is 3.04. The van der Waals surface area contributed by atoms with Crippen LogP contribution < -0.4 is 0 Å². The molecule has 1 aromatic rings. The zero-order chi connectivity index (χ0) is 13.8. The molecule has 19 heavy (non-hydrogen) atoms. The SMILES string of the molecule is CN(C(=O)OCc1c(CO)cnn1C)C1CCCC1. The summed E-state index contributed by atoms with van der Waals surface area (Å²) < 4.78 is 6.92. The number of hydrogen-bond acceptors (Lipinski definition) is 4. The van der Waals surface area contributed by atoms with Crippen LogP contribution >= 0.6 is 0 Å². The van der Waals surface area contributed by atoms with Gasteiger partial charge < -0.3 is 14.7 Å². The van der Waals surface area contributed by atoms with E-state index >= 15 is 0 Å². The molecule has 0 aromatic carbocycles. The van der Waals surface area contributed by atoms with Gasteiger partial charge in [-0.3, -0.25) is 4.68 Å². The molecule has 1 fully saturated rings. The maximum absolute atomic E-state index is 11.9. The molecule has 1 aliphatic carbocycles. The molecule has 0 radical (unpaired) electrons. The summed E-state index contributed by atoms with van der Waals surface area (Å²) >= 11 is 0. The van der Waals surface area contributed by atoms with Gasteiger partial charge in [0.1, 0.15) is 6.61 Å². The van der Waals surface area contributed by atoms with Crippen LogP contribution in [-0.2, 0) is 25.0 Å². The molecule has 106 valence electrons. The monoisotopic (exact) mass is 267 g/mol. The van der Waals surface area contributed by atoms with Crippen molar-refractivity contribution in [3.8, 4) is 0 Å². The number of hydrogen-bond donors (Lipinski definition) is 1. The number of rotatable bonds is 4. The number of ether oxygens (including phenoxy) is 1. The lowest BCUT2D eigenvalue weighted by Gasteiger charge is -2.23. The van der Waals surface area contributed by atoms with Gasteiger partial charge in [0.05, 0.1) is 18.5 Å². The number of carbonyl (C=O) groups is 1. The summed E-state index contributed by atoms with van der Waals surface area (Å²) in [5.74, 6) is 0. The van der Waals surface area contributed by atoms with E-state index in [0.29, 0.717) is 11.6 Å². The fourth-order valence-electron chi connectivity index (χ4n) is 2.50. The van der Waals surface area contributed by atoms with Gasteiger partial charge in [-0.2, -0.15) is 5.10 Å². The topological polar surface area (TPSA) is 67.6 Å². The molecule has 0 spiro atoms. The molecule has 1 saturated carbocycles. The molecule has 0 unspecified atom stereocenters. The summed E-state index contributed by atoms with van der Waals surface area (Å²) in [6, 6.07) is 0.302. The summed E-state index contributed by atoms with van der Waals surface area (Å²) in [7, 11) is 3.55. The Bertz CT molecular complexity index is 438. The Balaban J connectivity index is 1.90. The van der Waals surface area contributed by atoms with E-state index in [2.05, 4.69) is 5.10 Å². The molecule has 1 N–H and O–H groups in total. The summed E-state index contributed by atoms with van der Waals surface area (Å²) in [6.07, 6.45) is 5.75. The quantitative estimate of drug-likeness (QED) is 0.896. The zero-order valence-corrected chi connectivity index (χ0v) is 11.5. The highest BCUT2D eigenvalue weighted by Gasteiger charge is 2.24. The first-order chi connectivity index (χ1) is 9.13. The Morgan fingerprint density at radius 3 is 2.89 bits per heavy atom. The van der Waals surface area contributed by atoms with Crippen molar-refractivity contribution in [2.45, 2.75) is 44.9 Å². The summed E-state index contributed by atoms with van der Waals surface area (Å²) in [5, 5.41) is 13.2. The standard InChI is InChI=1S/C13H21N3O3/c1-15(11-5-3-4-6-11)13(18)19-9-12-10(8-17)7-14-16(12)2/h7,11,17H,3-6,8-9H2,1-2H3. The van der Waals surface area contributed by atoms with Crippen molar-refractivity contribution < 1.29 is 14.6 Å². The summed E-state index contributed by atoms with van der Waals surface area (Å²) in [5.41, 5.74) is 1.43. The fourth-order valence-corrected chi connectivity index (χ4v) is 2.50. The average molecular weight is 267 g/mol. The van der Waals surface area contributed by atoms with E-state index in [0.717, 1.165) is 18.5 Å². The minimum atomic E-state index is -0.308. The first-order valence-electron chi connectivity index (χ1n) is 6.63. The number of aliphatic hydroxyl groups is 1. The highest BCUT2D eigenvalue weighted by molar-refractivity contribution is 5.67. The highest BCUT2D eigenvalue weighted by Crippen LogP contribution is 2.23. The van der Waals surface area contributed by atoms with Gasteiger partial charge in [-0.25, -0.2) is 4.79 Å². The molecule has 6 heteroatoms. The van der Waals surface area contributed by atoms with Crippen molar-refractivity contribution in [1.82, 2.24) is 14.7 Å². The molecule has 1 aromatic heterocycles. The maximum atomic E-state index is 11.9. The van der Waals surface area contributed by atoms with Gasteiger partial charge in [-0.15, -0.1) is 0 Å². The lowest BCUT2D eigenvalue weighted by atomic mass is 10.2. The maximum Gasteiger partial charge on any atom is 0.410 e. The van der Waals surface area contributed by atoms with Crippen molar-refractivity contribution in [2.75, 3.05) is 7.05 Å². The van der Waals surface area contributed by atoms with Crippen molar-refractivity contribution in [3.63, 3.8) is 0 Å². The van der Waals surface area contributed by atoms with Crippen LogP contribution in [0.1, 0.15) is 36.9 Å². The van der Waals surface area contributed by atoms with E-state index in [1.54, 1.807) is 29.9 Å². The highest BCUT2D eigenvalue weighted by atomic mass is 16.6. The predicted octanol–water partition coefficient (Wildman–Crippen LogP) is 1.42. The molecular formula is C13H21N3O3. The summed E-state index contributed by atoms with van der Waals surface area (Å²) in [6.45, 7) is 0.0431. The molecule has 1 amide bonds. The van der Waals surface area contributed by atoms with Crippen LogP contribution in [0, 0.1) is 0 Å². The van der Waals surface area contributed by atoms with Gasteiger partial charge >= 0.3 is 6.09 Å². The Morgan fingerprint density at radius 1 is 1.58 bits per heavy atom. The predicted molar refractivity (Wildman–Crippen MR) is 69.3 cm³/mol. The third-order valence-electron chi connectivity index (χ3n) is 3.81. The molecule has 0 atom stereocenters.